The van der Waals surface area contributed by atoms with Crippen molar-refractivity contribution in [2.24, 2.45) is 0 Å². The molecule has 0 radical (unpaired) electrons. The highest BCUT2D eigenvalue weighted by Gasteiger charge is 2.04. The molecule has 3 rings (SSSR count). The molecule has 2 aromatic carbocycles. The summed E-state index contributed by atoms with van der Waals surface area (Å²) in [6.07, 6.45) is 3.59. The van der Waals surface area contributed by atoms with Crippen molar-refractivity contribution < 1.29 is 0 Å². The van der Waals surface area contributed by atoms with Gasteiger partial charge in [-0.2, -0.15) is 5.10 Å². The Morgan fingerprint density at radius 1 is 1.00 bits per heavy atom. The SMILES string of the molecule is S=C(Nc1ccc(Cl)cc1)Nc1cnn(Cc2ccccc2Cl)c1. The summed E-state index contributed by atoms with van der Waals surface area (Å²) in [5.41, 5.74) is 2.67. The van der Waals surface area contributed by atoms with Gasteiger partial charge in [-0.25, -0.2) is 0 Å². The van der Waals surface area contributed by atoms with E-state index in [2.05, 4.69) is 15.7 Å². The molecular weight excluding hydrogens is 363 g/mol. The van der Waals surface area contributed by atoms with Gasteiger partial charge in [-0.15, -0.1) is 0 Å². The summed E-state index contributed by atoms with van der Waals surface area (Å²) >= 11 is 17.3. The van der Waals surface area contributed by atoms with Gasteiger partial charge in [-0.05, 0) is 48.1 Å². The van der Waals surface area contributed by atoms with Gasteiger partial charge in [0, 0.05) is 21.9 Å². The topological polar surface area (TPSA) is 41.9 Å². The summed E-state index contributed by atoms with van der Waals surface area (Å²) in [5.74, 6) is 0. The van der Waals surface area contributed by atoms with Gasteiger partial charge in [0.25, 0.3) is 0 Å². The number of anilines is 2. The minimum Gasteiger partial charge on any atom is -0.332 e. The van der Waals surface area contributed by atoms with E-state index in [9.17, 15) is 0 Å². The first-order valence-corrected chi connectivity index (χ1v) is 8.36. The minimum atomic E-state index is 0.481. The van der Waals surface area contributed by atoms with Gasteiger partial charge in [0.05, 0.1) is 18.4 Å². The molecule has 0 amide bonds. The Kier molecular flexibility index (Phi) is 5.35. The Bertz CT molecular complexity index is 846. The van der Waals surface area contributed by atoms with Crippen molar-refractivity contribution in [1.29, 1.82) is 0 Å². The second-order valence-corrected chi connectivity index (χ2v) is 6.36. The van der Waals surface area contributed by atoms with Crippen LogP contribution in [0.5, 0.6) is 0 Å². The smallest absolute Gasteiger partial charge is 0.175 e. The maximum absolute atomic E-state index is 6.17. The molecule has 0 unspecified atom stereocenters. The first-order valence-electron chi connectivity index (χ1n) is 7.19. The largest absolute Gasteiger partial charge is 0.332 e. The van der Waals surface area contributed by atoms with Gasteiger partial charge in [-0.3, -0.25) is 4.68 Å². The van der Waals surface area contributed by atoms with E-state index in [0.29, 0.717) is 16.7 Å². The van der Waals surface area contributed by atoms with E-state index in [4.69, 9.17) is 35.4 Å². The quantitative estimate of drug-likeness (QED) is 0.625. The molecule has 122 valence electrons. The number of thiocarbonyl (C=S) groups is 1. The summed E-state index contributed by atoms with van der Waals surface area (Å²) in [5, 5.41) is 12.4. The summed E-state index contributed by atoms with van der Waals surface area (Å²) in [4.78, 5) is 0. The predicted octanol–water partition coefficient (Wildman–Crippen LogP) is 5.05. The Labute approximate surface area is 155 Å². The predicted molar refractivity (Wildman–Crippen MR) is 104 cm³/mol. The molecule has 0 atom stereocenters. The van der Waals surface area contributed by atoms with Crippen molar-refractivity contribution >= 4 is 51.9 Å². The van der Waals surface area contributed by atoms with Crippen LogP contribution in [-0.4, -0.2) is 14.9 Å². The maximum Gasteiger partial charge on any atom is 0.175 e. The van der Waals surface area contributed by atoms with E-state index in [1.54, 1.807) is 23.0 Å². The highest BCUT2D eigenvalue weighted by Crippen LogP contribution is 2.17. The lowest BCUT2D eigenvalue weighted by molar-refractivity contribution is 0.687. The van der Waals surface area contributed by atoms with Crippen molar-refractivity contribution in [3.8, 4) is 0 Å². The van der Waals surface area contributed by atoms with Gasteiger partial charge < -0.3 is 10.6 Å². The van der Waals surface area contributed by atoms with Crippen LogP contribution >= 0.6 is 35.4 Å². The number of nitrogens with one attached hydrogen (secondary N) is 2. The molecule has 2 N–H and O–H groups in total. The van der Waals surface area contributed by atoms with E-state index >= 15 is 0 Å². The number of halogens is 2. The zero-order chi connectivity index (χ0) is 16.9. The number of aromatic nitrogens is 2. The molecule has 0 fully saturated rings. The first-order chi connectivity index (χ1) is 11.6. The van der Waals surface area contributed by atoms with Crippen LogP contribution < -0.4 is 10.6 Å². The highest BCUT2D eigenvalue weighted by molar-refractivity contribution is 7.80. The molecule has 4 nitrogen and oxygen atoms in total. The Morgan fingerprint density at radius 3 is 2.46 bits per heavy atom. The number of rotatable bonds is 4. The molecule has 0 aliphatic rings. The molecule has 0 aliphatic carbocycles. The summed E-state index contributed by atoms with van der Waals surface area (Å²) < 4.78 is 1.80. The maximum atomic E-state index is 6.17. The second kappa shape index (κ2) is 7.66. The Morgan fingerprint density at radius 2 is 1.71 bits per heavy atom. The molecule has 0 bridgehead atoms. The van der Waals surface area contributed by atoms with Crippen molar-refractivity contribution in [2.45, 2.75) is 6.54 Å². The Hall–Kier alpha value is -2.08. The molecule has 24 heavy (non-hydrogen) atoms. The average Bonchev–Trinajstić information content (AvgIpc) is 2.99. The van der Waals surface area contributed by atoms with Crippen molar-refractivity contribution in [3.05, 3.63) is 76.5 Å². The van der Waals surface area contributed by atoms with Crippen LogP contribution in [0.25, 0.3) is 0 Å². The minimum absolute atomic E-state index is 0.481. The van der Waals surface area contributed by atoms with E-state index in [-0.39, 0.29) is 0 Å². The van der Waals surface area contributed by atoms with Crippen LogP contribution in [0, 0.1) is 0 Å². The standard InChI is InChI=1S/C17H14Cl2N4S/c18-13-5-7-14(8-6-13)21-17(24)22-15-9-20-23(11-15)10-12-3-1-2-4-16(12)19/h1-9,11H,10H2,(H2,21,22,24). The Balaban J connectivity index is 1.60. The molecule has 3 aromatic rings. The fourth-order valence-corrected chi connectivity index (χ4v) is 2.70. The highest BCUT2D eigenvalue weighted by atomic mass is 35.5. The lowest BCUT2D eigenvalue weighted by atomic mass is 10.2. The van der Waals surface area contributed by atoms with E-state index in [1.807, 2.05) is 42.6 Å². The average molecular weight is 377 g/mol. The molecule has 1 heterocycles. The van der Waals surface area contributed by atoms with Gasteiger partial charge in [0.1, 0.15) is 0 Å². The summed E-state index contributed by atoms with van der Waals surface area (Å²) in [6.45, 7) is 0.596. The van der Waals surface area contributed by atoms with Crippen molar-refractivity contribution in [1.82, 2.24) is 9.78 Å². The third-order valence-electron chi connectivity index (χ3n) is 3.28. The van der Waals surface area contributed by atoms with Gasteiger partial charge in [-0.1, -0.05) is 41.4 Å². The fraction of sp³-hybridized carbons (Fsp3) is 0.0588. The lowest BCUT2D eigenvalue weighted by Crippen LogP contribution is -2.18. The zero-order valence-corrected chi connectivity index (χ0v) is 14.9. The van der Waals surface area contributed by atoms with E-state index in [0.717, 1.165) is 22.0 Å². The van der Waals surface area contributed by atoms with Crippen LogP contribution in [0.1, 0.15) is 5.56 Å². The molecule has 0 saturated carbocycles. The van der Waals surface area contributed by atoms with Crippen LogP contribution in [-0.2, 0) is 6.54 Å². The molecule has 0 saturated heterocycles. The fourth-order valence-electron chi connectivity index (χ4n) is 2.14. The first kappa shape index (κ1) is 16.8. The summed E-state index contributed by atoms with van der Waals surface area (Å²) in [7, 11) is 0. The molecular formula is C17H14Cl2N4S. The van der Waals surface area contributed by atoms with Crippen LogP contribution in [0.2, 0.25) is 10.0 Å². The van der Waals surface area contributed by atoms with Crippen molar-refractivity contribution in [3.63, 3.8) is 0 Å². The van der Waals surface area contributed by atoms with Crippen LogP contribution in [0.15, 0.2) is 60.9 Å². The van der Waals surface area contributed by atoms with E-state index in [1.165, 1.54) is 0 Å². The van der Waals surface area contributed by atoms with Gasteiger partial charge >= 0.3 is 0 Å². The molecule has 0 aliphatic heterocycles. The number of hydrogen-bond donors (Lipinski definition) is 2. The van der Waals surface area contributed by atoms with Crippen molar-refractivity contribution in [2.75, 3.05) is 10.6 Å². The van der Waals surface area contributed by atoms with E-state index < -0.39 is 0 Å². The number of nitrogens with zero attached hydrogens (tertiary/aromatic N) is 2. The molecule has 0 spiro atoms. The van der Waals surface area contributed by atoms with Crippen LogP contribution in [0.3, 0.4) is 0 Å². The van der Waals surface area contributed by atoms with Gasteiger partial charge in [0.2, 0.25) is 0 Å². The van der Waals surface area contributed by atoms with Gasteiger partial charge in [0.15, 0.2) is 5.11 Å². The monoisotopic (exact) mass is 376 g/mol. The lowest BCUT2D eigenvalue weighted by Gasteiger charge is -2.08. The number of hydrogen-bond acceptors (Lipinski definition) is 2. The third-order valence-corrected chi connectivity index (χ3v) is 4.11. The third kappa shape index (κ3) is 4.47. The summed E-state index contributed by atoms with van der Waals surface area (Å²) in [6, 6.07) is 15.0. The second-order valence-electron chi connectivity index (χ2n) is 5.10. The normalized spacial score (nSPS) is 10.4. The molecule has 1 aromatic heterocycles. The number of benzene rings is 2. The zero-order valence-electron chi connectivity index (χ0n) is 12.5. The molecule has 7 heteroatoms. The van der Waals surface area contributed by atoms with Crippen LogP contribution in [0.4, 0.5) is 11.4 Å².